The Labute approximate surface area is 123 Å². The molecule has 0 saturated heterocycles. The van der Waals surface area contributed by atoms with Gasteiger partial charge in [0.05, 0.1) is 11.6 Å². The third-order valence-corrected chi connectivity index (χ3v) is 4.15. The third kappa shape index (κ3) is 3.04. The van der Waals surface area contributed by atoms with Crippen LogP contribution in [0.5, 0.6) is 0 Å². The molecule has 0 amide bonds. The summed E-state index contributed by atoms with van der Waals surface area (Å²) in [6, 6.07) is 4.89. The Balaban J connectivity index is 1.92. The molecule has 1 aliphatic rings. The molecule has 6 heteroatoms. The molecule has 112 valence electrons. The molecule has 1 aromatic heterocycles. The van der Waals surface area contributed by atoms with Crippen molar-refractivity contribution in [1.29, 1.82) is 0 Å². The lowest BCUT2D eigenvalue weighted by Crippen LogP contribution is -2.14. The van der Waals surface area contributed by atoms with Crippen molar-refractivity contribution in [1.82, 2.24) is 20.2 Å². The first-order valence-corrected chi connectivity index (χ1v) is 7.59. The molecule has 1 aliphatic carbocycles. The van der Waals surface area contributed by atoms with Gasteiger partial charge < -0.3 is 5.73 Å². The first-order valence-electron chi connectivity index (χ1n) is 7.59. The van der Waals surface area contributed by atoms with Gasteiger partial charge in [-0.25, -0.2) is 9.07 Å². The maximum absolute atomic E-state index is 14.1. The molecule has 0 unspecified atom stereocenters. The SMILES string of the molecule is Nc1ccc(-c2nnnn2C2CCCCCCC2)c(F)c1. The van der Waals surface area contributed by atoms with Gasteiger partial charge in [-0.1, -0.05) is 32.1 Å². The number of nitrogen functional groups attached to an aromatic ring is 1. The molecule has 5 nitrogen and oxygen atoms in total. The Morgan fingerprint density at radius 3 is 2.52 bits per heavy atom. The van der Waals surface area contributed by atoms with Crippen LogP contribution in [0.3, 0.4) is 0 Å². The summed E-state index contributed by atoms with van der Waals surface area (Å²) in [7, 11) is 0. The highest BCUT2D eigenvalue weighted by Gasteiger charge is 2.21. The monoisotopic (exact) mass is 289 g/mol. The van der Waals surface area contributed by atoms with Crippen LogP contribution in [0, 0.1) is 5.82 Å². The second kappa shape index (κ2) is 6.20. The van der Waals surface area contributed by atoms with Crippen LogP contribution in [0.15, 0.2) is 18.2 Å². The van der Waals surface area contributed by atoms with Crippen LogP contribution in [0.2, 0.25) is 0 Å². The summed E-state index contributed by atoms with van der Waals surface area (Å²) in [5.74, 6) is 0.120. The summed E-state index contributed by atoms with van der Waals surface area (Å²) in [5, 5.41) is 11.9. The maximum atomic E-state index is 14.1. The van der Waals surface area contributed by atoms with Crippen molar-refractivity contribution in [2.24, 2.45) is 0 Å². The predicted octanol–water partition coefficient (Wildman–Crippen LogP) is 3.35. The normalized spacial score (nSPS) is 17.4. The summed E-state index contributed by atoms with van der Waals surface area (Å²) in [6.45, 7) is 0. The van der Waals surface area contributed by atoms with Crippen molar-refractivity contribution < 1.29 is 4.39 Å². The van der Waals surface area contributed by atoms with Crippen molar-refractivity contribution in [3.8, 4) is 11.4 Å². The van der Waals surface area contributed by atoms with E-state index in [-0.39, 0.29) is 11.9 Å². The van der Waals surface area contributed by atoms with Crippen LogP contribution in [-0.2, 0) is 0 Å². The molecule has 0 aliphatic heterocycles. The van der Waals surface area contributed by atoms with E-state index in [0.717, 1.165) is 12.8 Å². The average Bonchev–Trinajstić information content (AvgIpc) is 2.87. The van der Waals surface area contributed by atoms with E-state index in [1.165, 1.54) is 38.2 Å². The molecule has 1 fully saturated rings. The predicted molar refractivity (Wildman–Crippen MR) is 79.0 cm³/mol. The molecule has 3 rings (SSSR count). The molecule has 0 bridgehead atoms. The van der Waals surface area contributed by atoms with Crippen LogP contribution in [0.1, 0.15) is 51.0 Å². The zero-order chi connectivity index (χ0) is 14.7. The topological polar surface area (TPSA) is 69.6 Å². The molecular weight excluding hydrogens is 269 g/mol. The van der Waals surface area contributed by atoms with Gasteiger partial charge in [-0.2, -0.15) is 0 Å². The van der Waals surface area contributed by atoms with Gasteiger partial charge in [-0.05, 0) is 41.5 Å². The maximum Gasteiger partial charge on any atom is 0.185 e. The van der Waals surface area contributed by atoms with E-state index in [1.54, 1.807) is 16.8 Å². The number of rotatable bonds is 2. The molecule has 21 heavy (non-hydrogen) atoms. The lowest BCUT2D eigenvalue weighted by Gasteiger charge is -2.20. The average molecular weight is 289 g/mol. The van der Waals surface area contributed by atoms with Crippen LogP contribution >= 0.6 is 0 Å². The van der Waals surface area contributed by atoms with Crippen LogP contribution in [0.25, 0.3) is 11.4 Å². The van der Waals surface area contributed by atoms with Gasteiger partial charge in [0.2, 0.25) is 0 Å². The molecule has 1 aromatic carbocycles. The highest BCUT2D eigenvalue weighted by molar-refractivity contribution is 5.59. The summed E-state index contributed by atoms with van der Waals surface area (Å²) in [6.07, 6.45) is 8.27. The Morgan fingerprint density at radius 1 is 1.10 bits per heavy atom. The van der Waals surface area contributed by atoms with Gasteiger partial charge in [-0.3, -0.25) is 0 Å². The van der Waals surface area contributed by atoms with Crippen LogP contribution < -0.4 is 5.73 Å². The molecular formula is C15H20FN5. The summed E-state index contributed by atoms with van der Waals surface area (Å²) >= 11 is 0. The summed E-state index contributed by atoms with van der Waals surface area (Å²) in [4.78, 5) is 0. The molecule has 2 N–H and O–H groups in total. The van der Waals surface area contributed by atoms with Crippen molar-refractivity contribution in [3.63, 3.8) is 0 Å². The molecule has 0 atom stereocenters. The standard InChI is InChI=1S/C15H20FN5/c16-14-10-11(17)8-9-13(14)15-18-19-20-21(15)12-6-4-2-1-3-5-7-12/h8-10,12H,1-7,17H2. The van der Waals surface area contributed by atoms with Crippen molar-refractivity contribution in [2.45, 2.75) is 51.0 Å². The van der Waals surface area contributed by atoms with Crippen molar-refractivity contribution in [3.05, 3.63) is 24.0 Å². The van der Waals surface area contributed by atoms with Crippen LogP contribution in [-0.4, -0.2) is 20.2 Å². The second-order valence-electron chi connectivity index (χ2n) is 5.69. The highest BCUT2D eigenvalue weighted by Crippen LogP contribution is 2.30. The summed E-state index contributed by atoms with van der Waals surface area (Å²) < 4.78 is 15.9. The molecule has 2 aromatic rings. The zero-order valence-corrected chi connectivity index (χ0v) is 12.0. The van der Waals surface area contributed by atoms with E-state index < -0.39 is 0 Å². The van der Waals surface area contributed by atoms with Crippen LogP contribution in [0.4, 0.5) is 10.1 Å². The van der Waals surface area contributed by atoms with E-state index in [0.29, 0.717) is 17.1 Å². The summed E-state index contributed by atoms with van der Waals surface area (Å²) in [5.41, 5.74) is 6.42. The number of halogens is 1. The Bertz CT molecular complexity index is 602. The Kier molecular flexibility index (Phi) is 4.13. The largest absolute Gasteiger partial charge is 0.399 e. The quantitative estimate of drug-likeness (QED) is 0.861. The number of anilines is 1. The number of tetrazole rings is 1. The first kappa shape index (κ1) is 14.0. The lowest BCUT2D eigenvalue weighted by molar-refractivity contribution is 0.344. The zero-order valence-electron chi connectivity index (χ0n) is 12.0. The van der Waals surface area contributed by atoms with Gasteiger partial charge in [-0.15, -0.1) is 5.10 Å². The minimum Gasteiger partial charge on any atom is -0.399 e. The number of benzene rings is 1. The van der Waals surface area contributed by atoms with Crippen molar-refractivity contribution >= 4 is 5.69 Å². The van der Waals surface area contributed by atoms with Gasteiger partial charge in [0.25, 0.3) is 0 Å². The fraction of sp³-hybridized carbons (Fsp3) is 0.533. The van der Waals surface area contributed by atoms with Gasteiger partial charge in [0.15, 0.2) is 5.82 Å². The first-order chi connectivity index (χ1) is 10.3. The number of nitrogens with zero attached hydrogens (tertiary/aromatic N) is 4. The fourth-order valence-electron chi connectivity index (χ4n) is 3.01. The number of nitrogens with two attached hydrogens (primary N) is 1. The van der Waals surface area contributed by atoms with Gasteiger partial charge in [0, 0.05) is 5.69 Å². The fourth-order valence-corrected chi connectivity index (χ4v) is 3.01. The Morgan fingerprint density at radius 2 is 1.81 bits per heavy atom. The number of hydrogen-bond donors (Lipinski definition) is 1. The molecule has 1 saturated carbocycles. The van der Waals surface area contributed by atoms with E-state index in [1.807, 2.05) is 0 Å². The third-order valence-electron chi connectivity index (χ3n) is 4.15. The van der Waals surface area contributed by atoms with E-state index in [9.17, 15) is 4.39 Å². The van der Waals surface area contributed by atoms with E-state index in [4.69, 9.17) is 5.73 Å². The van der Waals surface area contributed by atoms with Gasteiger partial charge in [0.1, 0.15) is 5.82 Å². The molecule has 0 radical (unpaired) electrons. The van der Waals surface area contributed by atoms with E-state index >= 15 is 0 Å². The smallest absolute Gasteiger partial charge is 0.185 e. The van der Waals surface area contributed by atoms with E-state index in [2.05, 4.69) is 15.5 Å². The molecule has 1 heterocycles. The number of hydrogen-bond acceptors (Lipinski definition) is 4. The molecule has 0 spiro atoms. The second-order valence-corrected chi connectivity index (χ2v) is 5.69. The minimum atomic E-state index is -0.378. The van der Waals surface area contributed by atoms with Crippen molar-refractivity contribution in [2.75, 3.05) is 5.73 Å². The Hall–Kier alpha value is -1.98. The van der Waals surface area contributed by atoms with Gasteiger partial charge >= 0.3 is 0 Å². The lowest BCUT2D eigenvalue weighted by atomic mass is 9.96. The highest BCUT2D eigenvalue weighted by atomic mass is 19.1. The minimum absolute atomic E-state index is 0.257. The number of aromatic nitrogens is 4.